The maximum Gasteiger partial charge on any atom is 0.397 e. The van der Waals surface area contributed by atoms with Crippen molar-refractivity contribution in [1.82, 2.24) is 19.5 Å². The summed E-state index contributed by atoms with van der Waals surface area (Å²) >= 11 is 6.06. The van der Waals surface area contributed by atoms with Crippen LogP contribution in [0.2, 0.25) is 5.15 Å². The van der Waals surface area contributed by atoms with Gasteiger partial charge in [-0.2, -0.15) is 13.2 Å². The van der Waals surface area contributed by atoms with Gasteiger partial charge in [0.25, 0.3) is 15.9 Å². The maximum absolute atomic E-state index is 13.0. The summed E-state index contributed by atoms with van der Waals surface area (Å²) in [6, 6.07) is 3.84. The zero-order valence-corrected chi connectivity index (χ0v) is 20.1. The molecule has 0 aliphatic carbocycles. The van der Waals surface area contributed by atoms with E-state index in [-0.39, 0.29) is 33.0 Å². The van der Waals surface area contributed by atoms with E-state index in [9.17, 15) is 26.4 Å². The van der Waals surface area contributed by atoms with E-state index < -0.39 is 34.1 Å². The quantitative estimate of drug-likeness (QED) is 0.401. The number of halogens is 4. The molecule has 0 aliphatic rings. The van der Waals surface area contributed by atoms with Gasteiger partial charge >= 0.3 is 6.18 Å². The van der Waals surface area contributed by atoms with Gasteiger partial charge < -0.3 is 10.5 Å². The Bertz CT molecular complexity index is 1230. The molecule has 0 saturated heterocycles. The fourth-order valence-electron chi connectivity index (χ4n) is 2.30. The third-order valence-corrected chi connectivity index (χ3v) is 6.13. The lowest BCUT2D eigenvalue weighted by Crippen LogP contribution is -2.37. The van der Waals surface area contributed by atoms with Crippen LogP contribution in [0.1, 0.15) is 31.1 Å². The minimum Gasteiger partial charge on any atom is -0.476 e. The normalized spacial score (nSPS) is 13.6. The van der Waals surface area contributed by atoms with Crippen molar-refractivity contribution in [3.05, 3.63) is 45.7 Å². The maximum atomic E-state index is 13.0. The van der Waals surface area contributed by atoms with Crippen LogP contribution in [0, 0.1) is 5.41 Å². The van der Waals surface area contributed by atoms with E-state index in [4.69, 9.17) is 22.1 Å². The van der Waals surface area contributed by atoms with E-state index in [1.807, 2.05) is 4.72 Å². The van der Waals surface area contributed by atoms with Crippen LogP contribution in [0.5, 0.6) is 5.88 Å². The van der Waals surface area contributed by atoms with Crippen LogP contribution >= 0.6 is 11.6 Å². The molecule has 0 aliphatic heterocycles. The Morgan fingerprint density at radius 2 is 1.97 bits per heavy atom. The van der Waals surface area contributed by atoms with E-state index in [0.29, 0.717) is 0 Å². The second kappa shape index (κ2) is 10.0. The lowest BCUT2D eigenvalue weighted by Gasteiger charge is -2.26. The van der Waals surface area contributed by atoms with Gasteiger partial charge in [0.2, 0.25) is 5.88 Å². The SMILES string of the molecule is CN=CC(=C(C)N)S(=O)(=O)NC(=O)c1ccc(-n2ccc(OCC(C)(C)C(F)(F)F)n2)nc1Cl. The number of sulfonamides is 1. The van der Waals surface area contributed by atoms with Gasteiger partial charge in [-0.05, 0) is 32.9 Å². The lowest BCUT2D eigenvalue weighted by molar-refractivity contribution is -0.219. The van der Waals surface area contributed by atoms with Gasteiger partial charge in [0, 0.05) is 31.2 Å². The number of ether oxygens (including phenoxy) is 1. The molecule has 2 rings (SSSR count). The molecule has 1 amide bonds. The zero-order chi connectivity index (χ0) is 25.9. The zero-order valence-electron chi connectivity index (χ0n) is 18.5. The summed E-state index contributed by atoms with van der Waals surface area (Å²) in [5.41, 5.74) is 3.12. The van der Waals surface area contributed by atoms with Gasteiger partial charge in [-0.1, -0.05) is 11.6 Å². The van der Waals surface area contributed by atoms with E-state index in [1.165, 1.54) is 38.4 Å². The molecule has 186 valence electrons. The van der Waals surface area contributed by atoms with E-state index in [0.717, 1.165) is 24.7 Å². The first-order chi connectivity index (χ1) is 15.6. The van der Waals surface area contributed by atoms with Crippen LogP contribution in [0.15, 0.2) is 40.0 Å². The topological polar surface area (TPSA) is 142 Å². The monoisotopic (exact) mass is 522 g/mol. The van der Waals surface area contributed by atoms with Crippen molar-refractivity contribution < 1.29 is 31.1 Å². The minimum atomic E-state index is -4.46. The highest BCUT2D eigenvalue weighted by Crippen LogP contribution is 2.37. The molecule has 0 atom stereocenters. The van der Waals surface area contributed by atoms with Crippen LogP contribution in [-0.4, -0.2) is 55.1 Å². The molecule has 2 heterocycles. The van der Waals surface area contributed by atoms with Crippen LogP contribution in [0.3, 0.4) is 0 Å². The summed E-state index contributed by atoms with van der Waals surface area (Å²) in [6.07, 6.45) is -2.11. The second-order valence-corrected chi connectivity index (χ2v) is 9.65. The molecule has 0 fully saturated rings. The molecule has 0 aromatic carbocycles. The Balaban J connectivity index is 2.20. The molecule has 0 bridgehead atoms. The van der Waals surface area contributed by atoms with Gasteiger partial charge in [-0.3, -0.25) is 9.79 Å². The lowest BCUT2D eigenvalue weighted by atomic mass is 9.94. The number of alkyl halides is 3. The molecular formula is C19H22ClF3N6O4S. The molecule has 34 heavy (non-hydrogen) atoms. The highest BCUT2D eigenvalue weighted by Gasteiger charge is 2.48. The van der Waals surface area contributed by atoms with Crippen molar-refractivity contribution in [3.8, 4) is 11.7 Å². The van der Waals surface area contributed by atoms with E-state index in [2.05, 4.69) is 15.1 Å². The van der Waals surface area contributed by atoms with Gasteiger partial charge in [0.05, 0.1) is 11.0 Å². The smallest absolute Gasteiger partial charge is 0.397 e. The Labute approximate surface area is 198 Å². The van der Waals surface area contributed by atoms with Gasteiger partial charge in [-0.25, -0.2) is 22.8 Å². The van der Waals surface area contributed by atoms with Crippen LogP contribution in [-0.2, 0) is 10.0 Å². The minimum absolute atomic E-state index is 0.0826. The number of aliphatic imine (C=N–C) groups is 1. The average Bonchev–Trinajstić information content (AvgIpc) is 3.18. The summed E-state index contributed by atoms with van der Waals surface area (Å²) in [5.74, 6) is -1.05. The van der Waals surface area contributed by atoms with Crippen molar-refractivity contribution in [2.45, 2.75) is 26.9 Å². The Kier molecular flexibility index (Phi) is 7.98. The summed E-state index contributed by atoms with van der Waals surface area (Å²) in [7, 11) is -2.99. The number of carbonyl (C=O) groups excluding carboxylic acids is 1. The number of rotatable bonds is 8. The fraction of sp³-hybridized carbons (Fsp3) is 0.368. The Morgan fingerprint density at radius 1 is 1.32 bits per heavy atom. The molecule has 0 saturated carbocycles. The number of hydrogen-bond donors (Lipinski definition) is 2. The summed E-state index contributed by atoms with van der Waals surface area (Å²) < 4.78 is 71.9. The molecule has 0 unspecified atom stereocenters. The van der Waals surface area contributed by atoms with Gasteiger partial charge in [-0.15, -0.1) is 5.10 Å². The molecule has 15 heteroatoms. The van der Waals surface area contributed by atoms with Crippen molar-refractivity contribution in [2.75, 3.05) is 13.7 Å². The molecule has 2 aromatic rings. The molecule has 2 aromatic heterocycles. The van der Waals surface area contributed by atoms with Crippen molar-refractivity contribution in [2.24, 2.45) is 16.1 Å². The van der Waals surface area contributed by atoms with Crippen molar-refractivity contribution >= 4 is 33.7 Å². The molecule has 0 spiro atoms. The molecule has 0 radical (unpaired) electrons. The number of hydrogen-bond acceptors (Lipinski definition) is 8. The summed E-state index contributed by atoms with van der Waals surface area (Å²) in [4.78, 5) is 19.7. The number of pyridine rings is 1. The Hall–Kier alpha value is -3.13. The predicted octanol–water partition coefficient (Wildman–Crippen LogP) is 2.84. The second-order valence-electron chi connectivity index (χ2n) is 7.65. The number of nitrogens with one attached hydrogen (secondary N) is 1. The van der Waals surface area contributed by atoms with Crippen LogP contribution in [0.25, 0.3) is 5.82 Å². The highest BCUT2D eigenvalue weighted by atomic mass is 35.5. The summed E-state index contributed by atoms with van der Waals surface area (Å²) in [5, 5.41) is 3.63. The predicted molar refractivity (Wildman–Crippen MR) is 119 cm³/mol. The number of carbonyl (C=O) groups is 1. The fourth-order valence-corrected chi connectivity index (χ4v) is 3.67. The van der Waals surface area contributed by atoms with Crippen LogP contribution in [0.4, 0.5) is 13.2 Å². The van der Waals surface area contributed by atoms with Crippen molar-refractivity contribution in [1.29, 1.82) is 0 Å². The molecule has 10 nitrogen and oxygen atoms in total. The average molecular weight is 523 g/mol. The van der Waals surface area contributed by atoms with Gasteiger partial charge in [0.1, 0.15) is 16.7 Å². The first-order valence-electron chi connectivity index (χ1n) is 9.47. The Morgan fingerprint density at radius 3 is 2.50 bits per heavy atom. The van der Waals surface area contributed by atoms with Gasteiger partial charge in [0.15, 0.2) is 5.82 Å². The largest absolute Gasteiger partial charge is 0.476 e. The number of nitrogens with two attached hydrogens (primary N) is 1. The highest BCUT2D eigenvalue weighted by molar-refractivity contribution is 7.94. The third kappa shape index (κ3) is 6.26. The molecular weight excluding hydrogens is 501 g/mol. The standard InChI is InChI=1S/C19H22ClF3N6O4S/c1-11(24)13(9-25-4)34(31,32)28-17(30)12-5-6-14(26-16(12)20)29-8-7-15(27-29)33-10-18(2,3)19(21,22)23/h5-9H,10,24H2,1-4H3,(H,28,30). The number of nitrogens with zero attached hydrogens (tertiary/aromatic N) is 4. The number of amides is 1. The van der Waals surface area contributed by atoms with Crippen molar-refractivity contribution in [3.63, 3.8) is 0 Å². The number of aromatic nitrogens is 3. The first kappa shape index (κ1) is 27.1. The van der Waals surface area contributed by atoms with Crippen LogP contribution < -0.4 is 15.2 Å². The number of allylic oxidation sites excluding steroid dienone is 2. The van der Waals surface area contributed by atoms with E-state index in [1.54, 1.807) is 0 Å². The first-order valence-corrected chi connectivity index (χ1v) is 11.3. The van der Waals surface area contributed by atoms with E-state index >= 15 is 0 Å². The third-order valence-electron chi connectivity index (χ3n) is 4.38. The molecule has 3 N–H and O–H groups in total. The summed E-state index contributed by atoms with van der Waals surface area (Å²) in [6.45, 7) is 2.67.